The van der Waals surface area contributed by atoms with Gasteiger partial charge in [0.05, 0.1) is 0 Å². The molecule has 2 aliphatic rings. The van der Waals surface area contributed by atoms with Gasteiger partial charge in [-0.2, -0.15) is 0 Å². The van der Waals surface area contributed by atoms with Crippen molar-refractivity contribution >= 4 is 17.4 Å². The normalized spacial score (nSPS) is 26.9. The number of thioether (sulfide) groups is 1. The number of fused-ring (bicyclic) bond motifs is 2. The number of benzene rings is 1. The third kappa shape index (κ3) is 2.45. The molecule has 2 bridgehead atoms. The number of likely N-dealkylation sites (N-methyl/N-ethyl adjacent to an activating group) is 1. The average molecular weight is 291 g/mol. The molecule has 1 aromatic carbocycles. The van der Waals surface area contributed by atoms with Gasteiger partial charge in [-0.15, -0.1) is 11.8 Å². The second kappa shape index (κ2) is 5.96. The monoisotopic (exact) mass is 291 g/mol. The van der Waals surface area contributed by atoms with Crippen molar-refractivity contribution in [3.63, 3.8) is 0 Å². The molecule has 3 nitrogen and oxygen atoms in total. The average Bonchev–Trinajstić information content (AvgIpc) is 2.71. The van der Waals surface area contributed by atoms with Crippen molar-refractivity contribution < 1.29 is 0 Å². The van der Waals surface area contributed by atoms with E-state index < -0.39 is 0 Å². The molecule has 1 aromatic rings. The van der Waals surface area contributed by atoms with Crippen molar-refractivity contribution in [3.8, 4) is 0 Å². The van der Waals surface area contributed by atoms with Crippen molar-refractivity contribution in [2.45, 2.75) is 42.8 Å². The van der Waals surface area contributed by atoms with Gasteiger partial charge in [0.25, 0.3) is 0 Å². The van der Waals surface area contributed by atoms with Crippen LogP contribution in [0.1, 0.15) is 24.8 Å². The zero-order valence-electron chi connectivity index (χ0n) is 12.5. The molecule has 4 heteroatoms. The highest BCUT2D eigenvalue weighted by Gasteiger charge is 2.35. The third-order valence-corrected chi connectivity index (χ3v) is 5.84. The van der Waals surface area contributed by atoms with E-state index >= 15 is 0 Å². The molecule has 3 rings (SSSR count). The molecule has 2 heterocycles. The lowest BCUT2D eigenvalue weighted by atomic mass is 10.1. The van der Waals surface area contributed by atoms with Crippen LogP contribution in [0.3, 0.4) is 0 Å². The minimum atomic E-state index is 0.632. The van der Waals surface area contributed by atoms with E-state index in [2.05, 4.69) is 41.3 Å². The van der Waals surface area contributed by atoms with Crippen LogP contribution in [0.5, 0.6) is 0 Å². The molecule has 2 atom stereocenters. The SMILES string of the molecule is CSc1cccc(N2CCC3CCC(C2)N3C)c1CN. The predicted octanol–water partition coefficient (Wildman–Crippen LogP) is 2.54. The first-order valence-electron chi connectivity index (χ1n) is 7.57. The van der Waals surface area contributed by atoms with Crippen LogP contribution in [0.15, 0.2) is 23.1 Å². The predicted molar refractivity (Wildman–Crippen MR) is 87.5 cm³/mol. The zero-order valence-corrected chi connectivity index (χ0v) is 13.3. The van der Waals surface area contributed by atoms with Crippen LogP contribution in [-0.2, 0) is 6.54 Å². The second-order valence-corrected chi connectivity index (χ2v) is 6.80. The fourth-order valence-corrected chi connectivity index (χ4v) is 4.42. The maximum absolute atomic E-state index is 6.03. The van der Waals surface area contributed by atoms with E-state index in [1.54, 1.807) is 11.8 Å². The Hall–Kier alpha value is -0.710. The van der Waals surface area contributed by atoms with Gasteiger partial charge < -0.3 is 10.6 Å². The first-order valence-corrected chi connectivity index (χ1v) is 8.80. The Bertz CT molecular complexity index is 477. The van der Waals surface area contributed by atoms with E-state index in [1.807, 2.05) is 0 Å². The molecule has 2 unspecified atom stereocenters. The largest absolute Gasteiger partial charge is 0.370 e. The molecule has 2 N–H and O–H groups in total. The lowest BCUT2D eigenvalue weighted by Crippen LogP contribution is -2.37. The van der Waals surface area contributed by atoms with Gasteiger partial charge >= 0.3 is 0 Å². The molecule has 0 spiro atoms. The molecular formula is C16H25N3S. The van der Waals surface area contributed by atoms with Crippen LogP contribution in [0.25, 0.3) is 0 Å². The number of nitrogens with two attached hydrogens (primary N) is 1. The fraction of sp³-hybridized carbons (Fsp3) is 0.625. The van der Waals surface area contributed by atoms with Crippen LogP contribution in [0.2, 0.25) is 0 Å². The third-order valence-electron chi connectivity index (χ3n) is 5.02. The maximum Gasteiger partial charge on any atom is 0.0423 e. The highest BCUT2D eigenvalue weighted by Crippen LogP contribution is 2.34. The molecule has 0 saturated carbocycles. The van der Waals surface area contributed by atoms with E-state index in [0.29, 0.717) is 12.6 Å². The molecule has 2 saturated heterocycles. The Morgan fingerprint density at radius 2 is 2.05 bits per heavy atom. The topological polar surface area (TPSA) is 32.5 Å². The Morgan fingerprint density at radius 3 is 2.80 bits per heavy atom. The summed E-state index contributed by atoms with van der Waals surface area (Å²) in [7, 11) is 2.30. The van der Waals surface area contributed by atoms with Gasteiger partial charge in [0.15, 0.2) is 0 Å². The van der Waals surface area contributed by atoms with E-state index in [4.69, 9.17) is 5.73 Å². The summed E-state index contributed by atoms with van der Waals surface area (Å²) in [5.41, 5.74) is 8.71. The van der Waals surface area contributed by atoms with Crippen LogP contribution in [-0.4, -0.2) is 43.4 Å². The van der Waals surface area contributed by atoms with Crippen molar-refractivity contribution in [2.24, 2.45) is 5.73 Å². The van der Waals surface area contributed by atoms with Crippen molar-refractivity contribution in [1.82, 2.24) is 4.90 Å². The van der Waals surface area contributed by atoms with Crippen molar-refractivity contribution in [2.75, 3.05) is 31.3 Å². The van der Waals surface area contributed by atoms with Gasteiger partial charge in [0, 0.05) is 47.9 Å². The standard InChI is InChI=1S/C16H25N3S/c1-18-12-6-7-13(18)11-19(9-8-12)15-4-3-5-16(20-2)14(15)10-17/h3-5,12-13H,6-11,17H2,1-2H3. The highest BCUT2D eigenvalue weighted by atomic mass is 32.2. The maximum atomic E-state index is 6.03. The Balaban J connectivity index is 1.89. The minimum Gasteiger partial charge on any atom is -0.370 e. The Kier molecular flexibility index (Phi) is 4.24. The lowest BCUT2D eigenvalue weighted by Gasteiger charge is -2.30. The lowest BCUT2D eigenvalue weighted by molar-refractivity contribution is 0.254. The van der Waals surface area contributed by atoms with Crippen molar-refractivity contribution in [3.05, 3.63) is 23.8 Å². The van der Waals surface area contributed by atoms with Gasteiger partial charge in [-0.1, -0.05) is 6.07 Å². The number of hydrogen-bond acceptors (Lipinski definition) is 4. The fourth-order valence-electron chi connectivity index (χ4n) is 3.77. The van der Waals surface area contributed by atoms with Gasteiger partial charge in [-0.3, -0.25) is 4.90 Å². The smallest absolute Gasteiger partial charge is 0.0423 e. The van der Waals surface area contributed by atoms with E-state index in [1.165, 1.54) is 35.4 Å². The molecule has 20 heavy (non-hydrogen) atoms. The molecule has 2 aliphatic heterocycles. The van der Waals surface area contributed by atoms with Crippen molar-refractivity contribution in [1.29, 1.82) is 0 Å². The number of anilines is 1. The molecule has 110 valence electrons. The molecule has 0 radical (unpaired) electrons. The zero-order chi connectivity index (χ0) is 14.1. The quantitative estimate of drug-likeness (QED) is 0.868. The summed E-state index contributed by atoms with van der Waals surface area (Å²) in [5, 5.41) is 0. The van der Waals surface area contributed by atoms with Gasteiger partial charge in [-0.25, -0.2) is 0 Å². The Morgan fingerprint density at radius 1 is 1.25 bits per heavy atom. The van der Waals surface area contributed by atoms with Gasteiger partial charge in [0.1, 0.15) is 0 Å². The van der Waals surface area contributed by atoms with Gasteiger partial charge in [-0.05, 0) is 44.7 Å². The first-order chi connectivity index (χ1) is 9.74. The first kappa shape index (κ1) is 14.2. The summed E-state index contributed by atoms with van der Waals surface area (Å²) >= 11 is 1.80. The molecule has 0 amide bonds. The molecule has 0 aliphatic carbocycles. The van der Waals surface area contributed by atoms with Crippen LogP contribution in [0, 0.1) is 0 Å². The van der Waals surface area contributed by atoms with E-state index in [0.717, 1.165) is 19.1 Å². The summed E-state index contributed by atoms with van der Waals surface area (Å²) in [6.07, 6.45) is 6.14. The molecular weight excluding hydrogens is 266 g/mol. The summed E-state index contributed by atoms with van der Waals surface area (Å²) in [5.74, 6) is 0. The Labute approximate surface area is 126 Å². The summed E-state index contributed by atoms with van der Waals surface area (Å²) in [4.78, 5) is 6.50. The highest BCUT2D eigenvalue weighted by molar-refractivity contribution is 7.98. The molecule has 0 aromatic heterocycles. The molecule has 2 fully saturated rings. The van der Waals surface area contributed by atoms with Crippen LogP contribution < -0.4 is 10.6 Å². The van der Waals surface area contributed by atoms with E-state index in [-0.39, 0.29) is 0 Å². The number of hydrogen-bond donors (Lipinski definition) is 1. The second-order valence-electron chi connectivity index (χ2n) is 5.95. The number of nitrogens with zero attached hydrogens (tertiary/aromatic N) is 2. The number of rotatable bonds is 3. The van der Waals surface area contributed by atoms with E-state index in [9.17, 15) is 0 Å². The summed E-state index contributed by atoms with van der Waals surface area (Å²) in [6.45, 7) is 2.95. The van der Waals surface area contributed by atoms with Crippen LogP contribution >= 0.6 is 11.8 Å². The van der Waals surface area contributed by atoms with Crippen LogP contribution in [0.4, 0.5) is 5.69 Å². The summed E-state index contributed by atoms with van der Waals surface area (Å²) < 4.78 is 0. The van der Waals surface area contributed by atoms with Gasteiger partial charge in [0.2, 0.25) is 0 Å². The minimum absolute atomic E-state index is 0.632. The summed E-state index contributed by atoms with van der Waals surface area (Å²) in [6, 6.07) is 8.11.